The summed E-state index contributed by atoms with van der Waals surface area (Å²) in [4.78, 5) is 13.5. The first-order valence-electron chi connectivity index (χ1n) is 6.83. The minimum Gasteiger partial charge on any atom is -0.481 e. The Kier molecular flexibility index (Phi) is 5.03. The molecule has 0 aliphatic rings. The maximum atomic E-state index is 13.5. The average Bonchev–Trinajstić information content (AvgIpc) is 3.02. The van der Waals surface area contributed by atoms with Crippen LogP contribution in [0.25, 0.3) is 0 Å². The van der Waals surface area contributed by atoms with Crippen LogP contribution >= 0.6 is 0 Å². The smallest absolute Gasteiger partial charge is 0.260 e. The summed E-state index contributed by atoms with van der Waals surface area (Å²) in [5.74, 6) is -0.195. The highest BCUT2D eigenvalue weighted by atomic mass is 19.1. The normalized spacial score (nSPS) is 12.0. The second kappa shape index (κ2) is 6.97. The van der Waals surface area contributed by atoms with E-state index < -0.39 is 5.82 Å². The number of likely N-dealkylation sites (N-methyl/N-ethyl adjacent to an activating group) is 1. The third-order valence-electron chi connectivity index (χ3n) is 3.21. The molecule has 0 spiro atoms. The van der Waals surface area contributed by atoms with Crippen molar-refractivity contribution in [2.45, 2.75) is 19.8 Å². The van der Waals surface area contributed by atoms with E-state index in [4.69, 9.17) is 4.74 Å². The van der Waals surface area contributed by atoms with Crippen LogP contribution in [0.4, 0.5) is 4.39 Å². The van der Waals surface area contributed by atoms with Crippen molar-refractivity contribution < 1.29 is 13.9 Å². The number of hydrogen-bond donors (Lipinski definition) is 1. The first kappa shape index (κ1) is 15.9. The summed E-state index contributed by atoms with van der Waals surface area (Å²) in [6, 6.07) is 4.52. The van der Waals surface area contributed by atoms with Gasteiger partial charge in [-0.3, -0.25) is 4.79 Å². The Morgan fingerprint density at radius 1 is 1.50 bits per heavy atom. The monoisotopic (exact) mass is 307 g/mol. The lowest BCUT2D eigenvalue weighted by molar-refractivity contribution is -0.132. The number of halogens is 1. The van der Waals surface area contributed by atoms with E-state index in [1.165, 1.54) is 11.0 Å². The second-order valence-corrected chi connectivity index (χ2v) is 5.17. The van der Waals surface area contributed by atoms with E-state index in [2.05, 4.69) is 20.6 Å². The molecular formula is C14H18FN5O2. The number of H-pyrrole nitrogens is 1. The molecule has 1 heterocycles. The van der Waals surface area contributed by atoms with E-state index in [1.54, 1.807) is 19.2 Å². The maximum Gasteiger partial charge on any atom is 0.260 e. The van der Waals surface area contributed by atoms with E-state index in [1.807, 2.05) is 13.8 Å². The number of aromatic nitrogens is 4. The molecule has 8 heteroatoms. The highest BCUT2D eigenvalue weighted by Crippen LogP contribution is 2.18. The predicted octanol–water partition coefficient (Wildman–Crippen LogP) is 1.29. The van der Waals surface area contributed by atoms with Crippen molar-refractivity contribution in [3.8, 4) is 5.75 Å². The van der Waals surface area contributed by atoms with Gasteiger partial charge in [-0.05, 0) is 24.6 Å². The molecular weight excluding hydrogens is 289 g/mol. The fraction of sp³-hybridized carbons (Fsp3) is 0.429. The van der Waals surface area contributed by atoms with Crippen molar-refractivity contribution in [1.29, 1.82) is 0 Å². The molecule has 0 saturated heterocycles. The Labute approximate surface area is 127 Å². The summed E-state index contributed by atoms with van der Waals surface area (Å²) in [5, 5.41) is 13.6. The van der Waals surface area contributed by atoms with Crippen LogP contribution in [0.1, 0.15) is 24.2 Å². The summed E-state index contributed by atoms with van der Waals surface area (Å²) in [5.41, 5.74) is 0.864. The molecule has 1 atom stereocenters. The van der Waals surface area contributed by atoms with Crippen LogP contribution in [0, 0.1) is 12.7 Å². The van der Waals surface area contributed by atoms with Gasteiger partial charge in [-0.15, -0.1) is 10.2 Å². The number of nitrogens with one attached hydrogen (secondary N) is 1. The molecule has 118 valence electrons. The van der Waals surface area contributed by atoms with Crippen molar-refractivity contribution in [1.82, 2.24) is 25.5 Å². The number of benzene rings is 1. The molecule has 0 bridgehead atoms. The van der Waals surface area contributed by atoms with Gasteiger partial charge in [0.25, 0.3) is 5.91 Å². The average molecular weight is 307 g/mol. The molecule has 2 rings (SSSR count). The van der Waals surface area contributed by atoms with E-state index in [-0.39, 0.29) is 24.2 Å². The molecule has 0 fully saturated rings. The molecule has 7 nitrogen and oxygen atoms in total. The SMILES string of the molecule is Cc1ccc(F)c(OCC(=O)N(C)C[C@H](C)c2nn[nH]n2)c1. The second-order valence-electron chi connectivity index (χ2n) is 5.17. The number of carbonyl (C=O) groups excluding carboxylic acids is 1. The number of nitrogens with zero attached hydrogens (tertiary/aromatic N) is 4. The lowest BCUT2D eigenvalue weighted by Crippen LogP contribution is -2.34. The maximum absolute atomic E-state index is 13.5. The van der Waals surface area contributed by atoms with Crippen LogP contribution in [0.2, 0.25) is 0 Å². The Hall–Kier alpha value is -2.51. The van der Waals surface area contributed by atoms with E-state index >= 15 is 0 Å². The summed E-state index contributed by atoms with van der Waals surface area (Å²) in [6.07, 6.45) is 0. The summed E-state index contributed by atoms with van der Waals surface area (Å²) in [7, 11) is 1.65. The predicted molar refractivity (Wildman–Crippen MR) is 76.9 cm³/mol. The zero-order valence-electron chi connectivity index (χ0n) is 12.7. The summed E-state index contributed by atoms with van der Waals surface area (Å²) in [6.45, 7) is 3.90. The Bertz CT molecular complexity index is 632. The molecule has 1 aromatic carbocycles. The van der Waals surface area contributed by atoms with Gasteiger partial charge in [-0.2, -0.15) is 5.21 Å². The quantitative estimate of drug-likeness (QED) is 0.869. The highest BCUT2D eigenvalue weighted by Gasteiger charge is 2.17. The molecule has 22 heavy (non-hydrogen) atoms. The van der Waals surface area contributed by atoms with Crippen LogP contribution in [0.3, 0.4) is 0 Å². The Balaban J connectivity index is 1.87. The van der Waals surface area contributed by atoms with Crippen LogP contribution < -0.4 is 4.74 Å². The van der Waals surface area contributed by atoms with Crippen LogP contribution in [0.5, 0.6) is 5.75 Å². The number of rotatable bonds is 6. The van der Waals surface area contributed by atoms with Crippen molar-refractivity contribution in [2.75, 3.05) is 20.2 Å². The topological polar surface area (TPSA) is 84.0 Å². The van der Waals surface area contributed by atoms with Crippen LogP contribution in [-0.4, -0.2) is 51.6 Å². The van der Waals surface area contributed by atoms with Crippen LogP contribution in [0.15, 0.2) is 18.2 Å². The van der Waals surface area contributed by atoms with E-state index in [0.29, 0.717) is 12.4 Å². The zero-order chi connectivity index (χ0) is 16.1. The first-order chi connectivity index (χ1) is 10.5. The lowest BCUT2D eigenvalue weighted by atomic mass is 10.1. The lowest BCUT2D eigenvalue weighted by Gasteiger charge is -2.20. The van der Waals surface area contributed by atoms with E-state index in [9.17, 15) is 9.18 Å². The minimum atomic E-state index is -0.485. The van der Waals surface area contributed by atoms with Crippen molar-refractivity contribution in [2.24, 2.45) is 0 Å². The van der Waals surface area contributed by atoms with E-state index in [0.717, 1.165) is 5.56 Å². The van der Waals surface area contributed by atoms with Gasteiger partial charge in [0.2, 0.25) is 0 Å². The van der Waals surface area contributed by atoms with Gasteiger partial charge >= 0.3 is 0 Å². The number of aromatic amines is 1. The third-order valence-corrected chi connectivity index (χ3v) is 3.21. The minimum absolute atomic E-state index is 0.0663. The fourth-order valence-electron chi connectivity index (χ4n) is 1.94. The number of amides is 1. The number of carbonyl (C=O) groups is 1. The molecule has 1 aromatic heterocycles. The van der Waals surface area contributed by atoms with Gasteiger partial charge in [0, 0.05) is 19.5 Å². The van der Waals surface area contributed by atoms with Crippen molar-refractivity contribution in [3.63, 3.8) is 0 Å². The first-order valence-corrected chi connectivity index (χ1v) is 6.83. The van der Waals surface area contributed by atoms with Gasteiger partial charge in [0.1, 0.15) is 0 Å². The standard InChI is InChI=1S/C14H18FN5O2/c1-9-4-5-11(15)12(6-9)22-8-13(21)20(3)7-10(2)14-16-18-19-17-14/h4-6,10H,7-8H2,1-3H3,(H,16,17,18,19)/t10-/m0/s1. The molecule has 0 radical (unpaired) electrons. The third kappa shape index (κ3) is 4.00. The number of ether oxygens (including phenoxy) is 1. The number of tetrazole rings is 1. The van der Waals surface area contributed by atoms with Gasteiger partial charge < -0.3 is 9.64 Å². The number of hydrogen-bond acceptors (Lipinski definition) is 5. The number of aryl methyl sites for hydroxylation is 1. The van der Waals surface area contributed by atoms with Crippen molar-refractivity contribution >= 4 is 5.91 Å². The molecule has 1 N–H and O–H groups in total. The fourth-order valence-corrected chi connectivity index (χ4v) is 1.94. The summed E-state index contributed by atoms with van der Waals surface area (Å²) >= 11 is 0. The van der Waals surface area contributed by atoms with Crippen LogP contribution in [-0.2, 0) is 4.79 Å². The Morgan fingerprint density at radius 3 is 2.95 bits per heavy atom. The Morgan fingerprint density at radius 2 is 2.27 bits per heavy atom. The molecule has 0 aliphatic carbocycles. The largest absolute Gasteiger partial charge is 0.481 e. The highest BCUT2D eigenvalue weighted by molar-refractivity contribution is 5.77. The molecule has 1 amide bonds. The molecule has 0 saturated carbocycles. The molecule has 0 aliphatic heterocycles. The zero-order valence-corrected chi connectivity index (χ0v) is 12.7. The molecule has 2 aromatic rings. The van der Waals surface area contributed by atoms with Gasteiger partial charge in [0.15, 0.2) is 24.0 Å². The van der Waals surface area contributed by atoms with Gasteiger partial charge in [-0.25, -0.2) is 4.39 Å². The van der Waals surface area contributed by atoms with Gasteiger partial charge in [-0.1, -0.05) is 18.2 Å². The van der Waals surface area contributed by atoms with Crippen molar-refractivity contribution in [3.05, 3.63) is 35.4 Å². The summed E-state index contributed by atoms with van der Waals surface area (Å²) < 4.78 is 18.8. The van der Waals surface area contributed by atoms with Gasteiger partial charge in [0.05, 0.1) is 0 Å². The molecule has 0 unspecified atom stereocenters.